The maximum absolute atomic E-state index is 12.9. The van der Waals surface area contributed by atoms with Gasteiger partial charge in [0, 0.05) is 5.56 Å². The van der Waals surface area contributed by atoms with E-state index in [-0.39, 0.29) is 5.56 Å². The summed E-state index contributed by atoms with van der Waals surface area (Å²) in [6.07, 6.45) is -3.88. The highest BCUT2D eigenvalue weighted by Crippen LogP contribution is 2.37. The van der Waals surface area contributed by atoms with E-state index in [0.29, 0.717) is 6.07 Å². The molecule has 0 aliphatic heterocycles. The molecule has 6 heteroatoms. The van der Waals surface area contributed by atoms with Gasteiger partial charge in [0.15, 0.2) is 0 Å². The summed E-state index contributed by atoms with van der Waals surface area (Å²) in [6.45, 7) is 0. The van der Waals surface area contributed by atoms with E-state index in [1.807, 2.05) is 0 Å². The monoisotopic (exact) mass is 260 g/mol. The second-order valence-corrected chi connectivity index (χ2v) is 3.69. The molecule has 0 bridgehead atoms. The van der Waals surface area contributed by atoms with Crippen LogP contribution in [0, 0.1) is 5.82 Å². The van der Waals surface area contributed by atoms with Crippen molar-refractivity contribution in [3.63, 3.8) is 0 Å². The van der Waals surface area contributed by atoms with Crippen molar-refractivity contribution in [3.05, 3.63) is 59.3 Å². The smallest absolute Gasteiger partial charge is 0.416 e. The van der Waals surface area contributed by atoms with Gasteiger partial charge in [0.05, 0.1) is 18.1 Å². The Labute approximate surface area is 99.5 Å². The van der Waals surface area contributed by atoms with Crippen molar-refractivity contribution in [2.24, 2.45) is 0 Å². The van der Waals surface area contributed by atoms with Crippen LogP contribution in [0.25, 0.3) is 0 Å². The third-order valence-corrected chi connectivity index (χ3v) is 2.47. The van der Waals surface area contributed by atoms with E-state index in [4.69, 9.17) is 4.42 Å². The molecule has 0 radical (unpaired) electrons. The van der Waals surface area contributed by atoms with E-state index in [1.54, 1.807) is 0 Å². The Bertz CT molecular complexity index is 532. The number of hydrogen-bond donors (Lipinski definition) is 1. The van der Waals surface area contributed by atoms with Crippen molar-refractivity contribution in [1.82, 2.24) is 0 Å². The molecule has 0 aliphatic carbocycles. The summed E-state index contributed by atoms with van der Waals surface area (Å²) in [5.41, 5.74) is -1.44. The van der Waals surface area contributed by atoms with Gasteiger partial charge in [-0.3, -0.25) is 0 Å². The fourth-order valence-corrected chi connectivity index (χ4v) is 1.62. The van der Waals surface area contributed by atoms with E-state index >= 15 is 0 Å². The second kappa shape index (κ2) is 4.45. The third-order valence-electron chi connectivity index (χ3n) is 2.47. The molecule has 0 fully saturated rings. The normalized spacial score (nSPS) is 13.6. The maximum Gasteiger partial charge on any atom is 0.416 e. The summed E-state index contributed by atoms with van der Waals surface area (Å²) < 4.78 is 55.8. The lowest BCUT2D eigenvalue weighted by Crippen LogP contribution is -2.13. The lowest BCUT2D eigenvalue weighted by Gasteiger charge is -2.16. The average Bonchev–Trinajstić information content (AvgIpc) is 2.80. The molecule has 0 amide bonds. The topological polar surface area (TPSA) is 33.4 Å². The molecule has 2 rings (SSSR count). The summed E-state index contributed by atoms with van der Waals surface area (Å²) in [5.74, 6) is -1.01. The van der Waals surface area contributed by atoms with E-state index in [9.17, 15) is 22.7 Å². The minimum atomic E-state index is -4.73. The summed E-state index contributed by atoms with van der Waals surface area (Å²) >= 11 is 0. The highest BCUT2D eigenvalue weighted by Gasteiger charge is 2.35. The molecule has 1 N–H and O–H groups in total. The largest absolute Gasteiger partial charge is 0.472 e. The van der Waals surface area contributed by atoms with Crippen LogP contribution in [0.2, 0.25) is 0 Å². The summed E-state index contributed by atoms with van der Waals surface area (Å²) in [5, 5.41) is 9.83. The fourth-order valence-electron chi connectivity index (χ4n) is 1.62. The molecule has 2 aromatic rings. The quantitative estimate of drug-likeness (QED) is 0.838. The zero-order chi connectivity index (χ0) is 13.3. The number of alkyl halides is 3. The highest BCUT2D eigenvalue weighted by atomic mass is 19.4. The van der Waals surface area contributed by atoms with Crippen LogP contribution in [-0.2, 0) is 6.18 Å². The van der Waals surface area contributed by atoms with Crippen molar-refractivity contribution < 1.29 is 27.1 Å². The van der Waals surface area contributed by atoms with Crippen molar-refractivity contribution in [3.8, 4) is 0 Å². The minimum absolute atomic E-state index is 0.173. The highest BCUT2D eigenvalue weighted by molar-refractivity contribution is 5.36. The number of furan rings is 1. The summed E-state index contributed by atoms with van der Waals surface area (Å²) in [4.78, 5) is 0. The number of aliphatic hydroxyl groups is 1. The number of hydrogen-bond acceptors (Lipinski definition) is 2. The maximum atomic E-state index is 12.9. The van der Waals surface area contributed by atoms with Crippen LogP contribution in [0.5, 0.6) is 0 Å². The second-order valence-electron chi connectivity index (χ2n) is 3.69. The Kier molecular flexibility index (Phi) is 3.13. The van der Waals surface area contributed by atoms with E-state index in [2.05, 4.69) is 0 Å². The first-order chi connectivity index (χ1) is 8.39. The third kappa shape index (κ3) is 2.38. The van der Waals surface area contributed by atoms with Crippen molar-refractivity contribution >= 4 is 0 Å². The molecule has 18 heavy (non-hydrogen) atoms. The lowest BCUT2D eigenvalue weighted by molar-refractivity contribution is -0.139. The molecule has 0 aliphatic rings. The zero-order valence-electron chi connectivity index (χ0n) is 8.91. The molecule has 1 atom stereocenters. The molecular formula is C12H8F4O2. The van der Waals surface area contributed by atoms with Crippen LogP contribution >= 0.6 is 0 Å². The van der Waals surface area contributed by atoms with Crippen LogP contribution in [0.4, 0.5) is 17.6 Å². The van der Waals surface area contributed by atoms with Crippen LogP contribution in [0.3, 0.4) is 0 Å². The molecule has 1 heterocycles. The predicted octanol–water partition coefficient (Wildman–Crippen LogP) is 3.52. The van der Waals surface area contributed by atoms with Crippen molar-refractivity contribution in [2.45, 2.75) is 12.3 Å². The minimum Gasteiger partial charge on any atom is -0.472 e. The molecule has 1 aromatic carbocycles. The van der Waals surface area contributed by atoms with E-state index in [1.165, 1.54) is 12.3 Å². The average molecular weight is 260 g/mol. The van der Waals surface area contributed by atoms with Gasteiger partial charge in [0.1, 0.15) is 11.9 Å². The summed E-state index contributed by atoms with van der Waals surface area (Å²) in [7, 11) is 0. The van der Waals surface area contributed by atoms with Gasteiger partial charge in [-0.2, -0.15) is 13.2 Å². The predicted molar refractivity (Wildman–Crippen MR) is 54.2 cm³/mol. The molecule has 2 nitrogen and oxygen atoms in total. The first-order valence-corrected chi connectivity index (χ1v) is 4.96. The van der Waals surface area contributed by atoms with Crippen LogP contribution in [0.1, 0.15) is 22.8 Å². The SMILES string of the molecule is OC(c1ccoc1)c1ccc(F)cc1C(F)(F)F. The van der Waals surface area contributed by atoms with Crippen LogP contribution < -0.4 is 0 Å². The van der Waals surface area contributed by atoms with Gasteiger partial charge in [-0.25, -0.2) is 4.39 Å². The summed E-state index contributed by atoms with van der Waals surface area (Å²) in [6, 6.07) is 3.48. The van der Waals surface area contributed by atoms with Gasteiger partial charge in [0.25, 0.3) is 0 Å². The molecule has 96 valence electrons. The van der Waals surface area contributed by atoms with Crippen LogP contribution in [-0.4, -0.2) is 5.11 Å². The first-order valence-electron chi connectivity index (χ1n) is 4.96. The Balaban J connectivity index is 2.51. The van der Waals surface area contributed by atoms with E-state index < -0.39 is 29.2 Å². The number of aliphatic hydroxyl groups excluding tert-OH is 1. The molecule has 0 saturated heterocycles. The molecule has 1 aromatic heterocycles. The Morgan fingerprint density at radius 2 is 1.89 bits per heavy atom. The van der Waals surface area contributed by atoms with Gasteiger partial charge < -0.3 is 9.52 Å². The first kappa shape index (κ1) is 12.6. The van der Waals surface area contributed by atoms with Gasteiger partial charge in [0.2, 0.25) is 0 Å². The molecule has 1 unspecified atom stereocenters. The van der Waals surface area contributed by atoms with E-state index in [0.717, 1.165) is 18.4 Å². The van der Waals surface area contributed by atoms with Gasteiger partial charge in [-0.15, -0.1) is 0 Å². The Hall–Kier alpha value is -1.82. The Morgan fingerprint density at radius 1 is 1.17 bits per heavy atom. The standard InChI is InChI=1S/C12H8F4O2/c13-8-1-2-9(10(5-8)12(14,15)16)11(17)7-3-4-18-6-7/h1-6,11,17H. The Morgan fingerprint density at radius 3 is 2.44 bits per heavy atom. The number of rotatable bonds is 2. The lowest BCUT2D eigenvalue weighted by atomic mass is 9.98. The zero-order valence-corrected chi connectivity index (χ0v) is 8.91. The van der Waals surface area contributed by atoms with Crippen molar-refractivity contribution in [1.29, 1.82) is 0 Å². The number of benzene rings is 1. The van der Waals surface area contributed by atoms with Gasteiger partial charge in [-0.05, 0) is 23.8 Å². The number of halogens is 4. The van der Waals surface area contributed by atoms with Crippen molar-refractivity contribution in [2.75, 3.05) is 0 Å². The molecule has 0 saturated carbocycles. The fraction of sp³-hybridized carbons (Fsp3) is 0.167. The van der Waals surface area contributed by atoms with Gasteiger partial charge in [-0.1, -0.05) is 6.07 Å². The molecular weight excluding hydrogens is 252 g/mol. The van der Waals surface area contributed by atoms with Gasteiger partial charge >= 0.3 is 6.18 Å². The van der Waals surface area contributed by atoms with Crippen LogP contribution in [0.15, 0.2) is 41.2 Å². The molecule has 0 spiro atoms.